The summed E-state index contributed by atoms with van der Waals surface area (Å²) in [6, 6.07) is 7.98. The summed E-state index contributed by atoms with van der Waals surface area (Å²) in [6.45, 7) is 8.94. The first-order chi connectivity index (χ1) is 9.41. The minimum absolute atomic E-state index is 0.00750. The zero-order valence-electron chi connectivity index (χ0n) is 12.5. The Morgan fingerprint density at radius 3 is 2.60 bits per heavy atom. The summed E-state index contributed by atoms with van der Waals surface area (Å²) in [5.74, 6) is 1.28. The number of ether oxygens (including phenoxy) is 1. The molecule has 0 amide bonds. The van der Waals surface area contributed by atoms with E-state index in [1.807, 2.05) is 18.2 Å². The lowest BCUT2D eigenvalue weighted by atomic mass is 9.85. The molecule has 0 aliphatic heterocycles. The van der Waals surface area contributed by atoms with Gasteiger partial charge in [-0.25, -0.2) is 0 Å². The smallest absolute Gasteiger partial charge is 0.243 e. The summed E-state index contributed by atoms with van der Waals surface area (Å²) in [6.07, 6.45) is 1.62. The highest BCUT2D eigenvalue weighted by Crippen LogP contribution is 2.34. The van der Waals surface area contributed by atoms with Crippen molar-refractivity contribution in [3.05, 3.63) is 47.2 Å². The summed E-state index contributed by atoms with van der Waals surface area (Å²) in [5, 5.41) is 7.91. The molecule has 0 atom stereocenters. The van der Waals surface area contributed by atoms with Gasteiger partial charge in [0.05, 0.1) is 6.20 Å². The normalized spacial score (nSPS) is 11.4. The zero-order chi connectivity index (χ0) is 14.8. The fraction of sp³-hybridized carbons (Fsp3) is 0.375. The van der Waals surface area contributed by atoms with Crippen LogP contribution in [0.1, 0.15) is 37.5 Å². The van der Waals surface area contributed by atoms with Crippen LogP contribution in [0.3, 0.4) is 0 Å². The second kappa shape index (κ2) is 5.59. The second-order valence-electron chi connectivity index (χ2n) is 5.92. The van der Waals surface area contributed by atoms with E-state index in [2.05, 4.69) is 44.0 Å². The molecule has 4 nitrogen and oxygen atoms in total. The Bertz CT molecular complexity index is 603. The summed E-state index contributed by atoms with van der Waals surface area (Å²) in [5.41, 5.74) is 8.90. The lowest BCUT2D eigenvalue weighted by Crippen LogP contribution is -2.13. The highest BCUT2D eigenvalue weighted by molar-refractivity contribution is 5.43. The molecule has 0 unspecified atom stereocenters. The van der Waals surface area contributed by atoms with Crippen LogP contribution in [0.15, 0.2) is 30.5 Å². The summed E-state index contributed by atoms with van der Waals surface area (Å²) in [7, 11) is 0. The number of hydrogen-bond donors (Lipinski definition) is 1. The van der Waals surface area contributed by atoms with Gasteiger partial charge in [-0.15, -0.1) is 5.10 Å². The minimum Gasteiger partial charge on any atom is -0.437 e. The van der Waals surface area contributed by atoms with Crippen molar-refractivity contribution in [1.29, 1.82) is 0 Å². The maximum Gasteiger partial charge on any atom is 0.243 e. The number of rotatable bonds is 3. The summed E-state index contributed by atoms with van der Waals surface area (Å²) >= 11 is 0. The molecule has 0 spiro atoms. The Hall–Kier alpha value is -1.94. The average Bonchev–Trinajstić information content (AvgIpc) is 2.40. The van der Waals surface area contributed by atoms with E-state index in [0.717, 1.165) is 16.9 Å². The monoisotopic (exact) mass is 271 g/mol. The molecular formula is C16H21N3O. The number of aryl methyl sites for hydroxylation is 1. The first kappa shape index (κ1) is 14.5. The van der Waals surface area contributed by atoms with E-state index in [0.29, 0.717) is 12.4 Å². The van der Waals surface area contributed by atoms with E-state index in [9.17, 15) is 0 Å². The van der Waals surface area contributed by atoms with Gasteiger partial charge < -0.3 is 10.5 Å². The van der Waals surface area contributed by atoms with Crippen molar-refractivity contribution in [1.82, 2.24) is 10.2 Å². The highest BCUT2D eigenvalue weighted by Gasteiger charge is 2.20. The first-order valence-electron chi connectivity index (χ1n) is 6.71. The van der Waals surface area contributed by atoms with E-state index in [4.69, 9.17) is 10.5 Å². The van der Waals surface area contributed by atoms with E-state index in [1.54, 1.807) is 6.20 Å². The zero-order valence-corrected chi connectivity index (χ0v) is 12.5. The van der Waals surface area contributed by atoms with Gasteiger partial charge in [-0.3, -0.25) is 0 Å². The van der Waals surface area contributed by atoms with Crippen LogP contribution in [0.2, 0.25) is 0 Å². The molecule has 0 fully saturated rings. The quantitative estimate of drug-likeness (QED) is 0.930. The van der Waals surface area contributed by atoms with Gasteiger partial charge in [-0.05, 0) is 24.5 Å². The van der Waals surface area contributed by atoms with Gasteiger partial charge in [0.2, 0.25) is 5.88 Å². The van der Waals surface area contributed by atoms with Crippen molar-refractivity contribution >= 4 is 0 Å². The molecule has 0 saturated carbocycles. The van der Waals surface area contributed by atoms with Gasteiger partial charge >= 0.3 is 0 Å². The predicted molar refractivity (Wildman–Crippen MR) is 79.9 cm³/mol. The van der Waals surface area contributed by atoms with Crippen molar-refractivity contribution in [2.45, 2.75) is 39.7 Å². The predicted octanol–water partition coefficient (Wildman–Crippen LogP) is 3.33. The number of nitrogens with zero attached hydrogens (tertiary/aromatic N) is 2. The van der Waals surface area contributed by atoms with Crippen LogP contribution >= 0.6 is 0 Å². The van der Waals surface area contributed by atoms with Gasteiger partial charge in [0.15, 0.2) is 0 Å². The number of benzene rings is 1. The highest BCUT2D eigenvalue weighted by atomic mass is 16.5. The molecule has 0 saturated heterocycles. The Balaban J connectivity index is 2.44. The third kappa shape index (κ3) is 3.14. The number of hydrogen-bond acceptors (Lipinski definition) is 4. The van der Waals surface area contributed by atoms with Gasteiger partial charge in [-0.2, -0.15) is 5.10 Å². The average molecular weight is 271 g/mol. The lowest BCUT2D eigenvalue weighted by Gasteiger charge is -2.23. The van der Waals surface area contributed by atoms with Crippen molar-refractivity contribution in [3.8, 4) is 11.6 Å². The van der Waals surface area contributed by atoms with E-state index in [-0.39, 0.29) is 5.41 Å². The molecule has 0 aliphatic rings. The maximum absolute atomic E-state index is 5.96. The van der Waals surface area contributed by atoms with Crippen LogP contribution in [-0.4, -0.2) is 10.2 Å². The minimum atomic E-state index is -0.00750. The van der Waals surface area contributed by atoms with Crippen LogP contribution in [0, 0.1) is 6.92 Å². The SMILES string of the molecule is Cc1ccc(Oc2nnccc2CN)c(C(C)(C)C)c1. The second-order valence-corrected chi connectivity index (χ2v) is 5.92. The molecule has 0 bridgehead atoms. The Kier molecular flexibility index (Phi) is 4.04. The molecule has 2 aromatic rings. The van der Waals surface area contributed by atoms with Crippen molar-refractivity contribution in [3.63, 3.8) is 0 Å². The van der Waals surface area contributed by atoms with Crippen molar-refractivity contribution in [2.75, 3.05) is 0 Å². The Morgan fingerprint density at radius 1 is 1.20 bits per heavy atom. The Labute approximate surface area is 120 Å². The van der Waals surface area contributed by atoms with Crippen molar-refractivity contribution < 1.29 is 4.74 Å². The number of nitrogens with two attached hydrogens (primary N) is 1. The molecule has 1 aromatic heterocycles. The van der Waals surface area contributed by atoms with E-state index >= 15 is 0 Å². The third-order valence-corrected chi connectivity index (χ3v) is 3.14. The van der Waals surface area contributed by atoms with E-state index < -0.39 is 0 Å². The molecule has 0 radical (unpaired) electrons. The van der Waals surface area contributed by atoms with Crippen LogP contribution in [0.5, 0.6) is 11.6 Å². The lowest BCUT2D eigenvalue weighted by molar-refractivity contribution is 0.428. The van der Waals surface area contributed by atoms with Crippen LogP contribution in [-0.2, 0) is 12.0 Å². The molecule has 4 heteroatoms. The van der Waals surface area contributed by atoms with Gasteiger partial charge in [0.25, 0.3) is 0 Å². The molecule has 2 N–H and O–H groups in total. The molecule has 106 valence electrons. The number of aromatic nitrogens is 2. The molecule has 2 rings (SSSR count). The van der Waals surface area contributed by atoms with Crippen LogP contribution in [0.4, 0.5) is 0 Å². The Morgan fingerprint density at radius 2 is 1.95 bits per heavy atom. The third-order valence-electron chi connectivity index (χ3n) is 3.14. The topological polar surface area (TPSA) is 61.0 Å². The van der Waals surface area contributed by atoms with E-state index in [1.165, 1.54) is 5.56 Å². The van der Waals surface area contributed by atoms with Gasteiger partial charge in [0, 0.05) is 17.7 Å². The van der Waals surface area contributed by atoms with Crippen LogP contribution in [0.25, 0.3) is 0 Å². The fourth-order valence-corrected chi connectivity index (χ4v) is 2.01. The molecule has 20 heavy (non-hydrogen) atoms. The first-order valence-corrected chi connectivity index (χ1v) is 6.71. The van der Waals surface area contributed by atoms with Gasteiger partial charge in [0.1, 0.15) is 5.75 Å². The molecule has 1 aromatic carbocycles. The summed E-state index contributed by atoms with van der Waals surface area (Å²) in [4.78, 5) is 0. The summed E-state index contributed by atoms with van der Waals surface area (Å²) < 4.78 is 5.96. The molecule has 0 aliphatic carbocycles. The maximum atomic E-state index is 5.96. The fourth-order valence-electron chi connectivity index (χ4n) is 2.01. The van der Waals surface area contributed by atoms with Crippen LogP contribution < -0.4 is 10.5 Å². The molecular weight excluding hydrogens is 250 g/mol. The standard InChI is InChI=1S/C16H21N3O/c1-11-5-6-14(13(9-11)16(2,3)4)20-15-12(10-17)7-8-18-19-15/h5-9H,10,17H2,1-4H3. The largest absolute Gasteiger partial charge is 0.437 e. The van der Waals surface area contributed by atoms with Gasteiger partial charge in [-0.1, -0.05) is 38.5 Å². The molecule has 1 heterocycles. The van der Waals surface area contributed by atoms with Crippen molar-refractivity contribution in [2.24, 2.45) is 5.73 Å².